The highest BCUT2D eigenvalue weighted by Gasteiger charge is 2.22. The minimum Gasteiger partial charge on any atom is -0.395 e. The summed E-state index contributed by atoms with van der Waals surface area (Å²) in [6.07, 6.45) is 1.84. The molecular formula is C11H24N2O. The van der Waals surface area contributed by atoms with Crippen molar-refractivity contribution in [1.82, 2.24) is 4.90 Å². The predicted molar refractivity (Wildman–Crippen MR) is 61.2 cm³/mol. The van der Waals surface area contributed by atoms with Crippen LogP contribution in [0.1, 0.15) is 20.8 Å². The van der Waals surface area contributed by atoms with Crippen molar-refractivity contribution in [2.75, 3.05) is 26.2 Å². The van der Waals surface area contributed by atoms with Crippen molar-refractivity contribution < 1.29 is 5.11 Å². The first-order valence-electron chi connectivity index (χ1n) is 5.11. The zero-order chi connectivity index (χ0) is 11.2. The molecule has 0 fully saturated rings. The molecule has 0 aliphatic heterocycles. The van der Waals surface area contributed by atoms with E-state index in [4.69, 9.17) is 10.8 Å². The van der Waals surface area contributed by atoms with E-state index in [-0.39, 0.29) is 18.1 Å². The van der Waals surface area contributed by atoms with Crippen molar-refractivity contribution in [3.8, 4) is 0 Å². The lowest BCUT2D eigenvalue weighted by Gasteiger charge is -2.32. The summed E-state index contributed by atoms with van der Waals surface area (Å²) < 4.78 is 0. The average molecular weight is 200 g/mol. The molecule has 0 saturated heterocycles. The van der Waals surface area contributed by atoms with Crippen LogP contribution in [0.15, 0.2) is 12.7 Å². The van der Waals surface area contributed by atoms with Crippen LogP contribution in [0.5, 0.6) is 0 Å². The van der Waals surface area contributed by atoms with Gasteiger partial charge in [-0.3, -0.25) is 4.90 Å². The summed E-state index contributed by atoms with van der Waals surface area (Å²) in [6.45, 7) is 12.5. The van der Waals surface area contributed by atoms with Crippen molar-refractivity contribution in [3.05, 3.63) is 12.7 Å². The van der Waals surface area contributed by atoms with E-state index in [1.54, 1.807) is 0 Å². The summed E-state index contributed by atoms with van der Waals surface area (Å²) in [5, 5.41) is 8.86. The van der Waals surface area contributed by atoms with Gasteiger partial charge >= 0.3 is 0 Å². The molecular weight excluding hydrogens is 176 g/mol. The maximum atomic E-state index is 8.86. The summed E-state index contributed by atoms with van der Waals surface area (Å²) in [7, 11) is 0. The Morgan fingerprint density at radius 2 is 2.07 bits per heavy atom. The number of nitrogens with two attached hydrogens (primary N) is 1. The number of hydrogen-bond donors (Lipinski definition) is 2. The molecule has 3 heteroatoms. The largest absolute Gasteiger partial charge is 0.395 e. The van der Waals surface area contributed by atoms with Gasteiger partial charge in [0, 0.05) is 25.7 Å². The Morgan fingerprint density at radius 3 is 2.43 bits per heavy atom. The highest BCUT2D eigenvalue weighted by atomic mass is 16.3. The zero-order valence-corrected chi connectivity index (χ0v) is 9.66. The second-order valence-corrected chi connectivity index (χ2v) is 4.74. The molecule has 14 heavy (non-hydrogen) atoms. The van der Waals surface area contributed by atoms with Gasteiger partial charge in [0.25, 0.3) is 0 Å². The number of hydrogen-bond acceptors (Lipinski definition) is 3. The number of nitrogens with zero attached hydrogens (tertiary/aromatic N) is 1. The van der Waals surface area contributed by atoms with E-state index in [9.17, 15) is 0 Å². The topological polar surface area (TPSA) is 49.5 Å². The Bertz CT molecular complexity index is 163. The lowest BCUT2D eigenvalue weighted by atomic mass is 9.87. The Labute approximate surface area is 87.6 Å². The van der Waals surface area contributed by atoms with E-state index < -0.39 is 0 Å². The van der Waals surface area contributed by atoms with E-state index in [0.717, 1.165) is 13.1 Å². The molecule has 0 aromatic rings. The van der Waals surface area contributed by atoms with E-state index in [2.05, 4.69) is 32.3 Å². The molecule has 0 saturated carbocycles. The molecule has 3 N–H and O–H groups in total. The first-order chi connectivity index (χ1) is 6.41. The Morgan fingerprint density at radius 1 is 1.50 bits per heavy atom. The third-order valence-corrected chi connectivity index (χ3v) is 2.37. The zero-order valence-electron chi connectivity index (χ0n) is 9.66. The Hall–Kier alpha value is -0.380. The Balaban J connectivity index is 4.07. The quantitative estimate of drug-likeness (QED) is 0.625. The van der Waals surface area contributed by atoms with Crippen LogP contribution in [0.2, 0.25) is 0 Å². The molecule has 0 amide bonds. The number of aliphatic hydroxyl groups excluding tert-OH is 1. The normalized spacial score (nSPS) is 14.4. The van der Waals surface area contributed by atoms with Crippen LogP contribution in [0.3, 0.4) is 0 Å². The highest BCUT2D eigenvalue weighted by Crippen LogP contribution is 2.17. The summed E-state index contributed by atoms with van der Waals surface area (Å²) in [6, 6.07) is 0.119. The van der Waals surface area contributed by atoms with Gasteiger partial charge < -0.3 is 10.8 Å². The molecule has 84 valence electrons. The van der Waals surface area contributed by atoms with E-state index in [1.165, 1.54) is 0 Å². The molecule has 0 aromatic heterocycles. The van der Waals surface area contributed by atoms with Gasteiger partial charge in [0.15, 0.2) is 0 Å². The van der Waals surface area contributed by atoms with Crippen molar-refractivity contribution >= 4 is 0 Å². The second-order valence-electron chi connectivity index (χ2n) is 4.74. The molecule has 0 bridgehead atoms. The number of aliphatic hydroxyl groups is 1. The van der Waals surface area contributed by atoms with Crippen molar-refractivity contribution in [3.63, 3.8) is 0 Å². The van der Waals surface area contributed by atoms with Gasteiger partial charge in [-0.15, -0.1) is 6.58 Å². The van der Waals surface area contributed by atoms with Crippen molar-refractivity contribution in [1.29, 1.82) is 0 Å². The van der Waals surface area contributed by atoms with Gasteiger partial charge in [-0.1, -0.05) is 26.8 Å². The van der Waals surface area contributed by atoms with Crippen LogP contribution in [0.25, 0.3) is 0 Å². The van der Waals surface area contributed by atoms with Crippen LogP contribution in [-0.2, 0) is 0 Å². The summed E-state index contributed by atoms with van der Waals surface area (Å²) in [5.74, 6) is 0. The first-order valence-corrected chi connectivity index (χ1v) is 5.11. The molecule has 1 unspecified atom stereocenters. The summed E-state index contributed by atoms with van der Waals surface area (Å²) in [4.78, 5) is 2.11. The van der Waals surface area contributed by atoms with Gasteiger partial charge in [-0.2, -0.15) is 0 Å². The first kappa shape index (κ1) is 13.6. The summed E-state index contributed by atoms with van der Waals surface area (Å²) >= 11 is 0. The second kappa shape index (κ2) is 6.17. The lowest BCUT2D eigenvalue weighted by molar-refractivity contribution is 0.173. The number of rotatable bonds is 6. The van der Waals surface area contributed by atoms with Gasteiger partial charge in [-0.25, -0.2) is 0 Å². The minimum absolute atomic E-state index is 0.106. The fourth-order valence-electron chi connectivity index (χ4n) is 1.13. The molecule has 0 aliphatic carbocycles. The van der Waals surface area contributed by atoms with Gasteiger partial charge in [0.2, 0.25) is 0 Å². The standard InChI is InChI=1S/C11H24N2O/c1-5-6-13(7-8-14)9-10(12)11(2,3)4/h5,10,14H,1,6-9,12H2,2-4H3. The molecule has 0 spiro atoms. The molecule has 0 heterocycles. The molecule has 3 nitrogen and oxygen atoms in total. The van der Waals surface area contributed by atoms with Crippen molar-refractivity contribution in [2.45, 2.75) is 26.8 Å². The third kappa shape index (κ3) is 5.37. The minimum atomic E-state index is 0.106. The van der Waals surface area contributed by atoms with Gasteiger partial charge in [-0.05, 0) is 5.41 Å². The Kier molecular flexibility index (Phi) is 6.00. The molecule has 0 radical (unpaired) electrons. The van der Waals surface area contributed by atoms with Crippen molar-refractivity contribution in [2.24, 2.45) is 11.1 Å². The molecule has 0 aliphatic rings. The molecule has 0 rings (SSSR count). The van der Waals surface area contributed by atoms with Crippen LogP contribution in [0, 0.1) is 5.41 Å². The fraction of sp³-hybridized carbons (Fsp3) is 0.818. The van der Waals surface area contributed by atoms with Gasteiger partial charge in [0.1, 0.15) is 0 Å². The monoisotopic (exact) mass is 200 g/mol. The van der Waals surface area contributed by atoms with E-state index in [1.807, 2.05) is 6.08 Å². The van der Waals surface area contributed by atoms with Crippen LogP contribution in [-0.4, -0.2) is 42.3 Å². The SMILES string of the molecule is C=CCN(CCO)CC(N)C(C)(C)C. The van der Waals surface area contributed by atoms with Crippen LogP contribution < -0.4 is 5.73 Å². The van der Waals surface area contributed by atoms with Crippen LogP contribution in [0.4, 0.5) is 0 Å². The predicted octanol–water partition coefficient (Wildman–Crippen LogP) is 0.840. The van der Waals surface area contributed by atoms with Crippen LogP contribution >= 0.6 is 0 Å². The van der Waals surface area contributed by atoms with E-state index >= 15 is 0 Å². The smallest absolute Gasteiger partial charge is 0.0558 e. The van der Waals surface area contributed by atoms with Gasteiger partial charge in [0.05, 0.1) is 6.61 Å². The molecule has 1 atom stereocenters. The third-order valence-electron chi connectivity index (χ3n) is 2.37. The molecule has 0 aromatic carbocycles. The maximum Gasteiger partial charge on any atom is 0.0558 e. The summed E-state index contributed by atoms with van der Waals surface area (Å²) in [5.41, 5.74) is 6.16. The highest BCUT2D eigenvalue weighted by molar-refractivity contribution is 4.82. The average Bonchev–Trinajstić information content (AvgIpc) is 2.03. The maximum absolute atomic E-state index is 8.86. The van der Waals surface area contributed by atoms with E-state index in [0.29, 0.717) is 6.54 Å². The lowest BCUT2D eigenvalue weighted by Crippen LogP contribution is -2.46. The fourth-order valence-corrected chi connectivity index (χ4v) is 1.13.